The van der Waals surface area contributed by atoms with E-state index in [0.29, 0.717) is 30.6 Å². The largest absolute Gasteiger partial charge is 0.459 e. The molecule has 1 aromatic heterocycles. The van der Waals surface area contributed by atoms with Crippen molar-refractivity contribution in [2.45, 2.75) is 203 Å². The van der Waals surface area contributed by atoms with Gasteiger partial charge in [-0.2, -0.15) is 0 Å². The number of cyclic esters (lactones) is 1. The van der Waals surface area contributed by atoms with Crippen LogP contribution in [0.5, 0.6) is 0 Å². The minimum Gasteiger partial charge on any atom is -0.459 e. The molecule has 20 atom stereocenters. The van der Waals surface area contributed by atoms with Crippen LogP contribution >= 0.6 is 0 Å². The number of ether oxygens (including phenoxy) is 7. The molecule has 5 N–H and O–H groups in total. The summed E-state index contributed by atoms with van der Waals surface area (Å²) in [5.74, 6) is -5.00. The number of Topliss-reactive ketones (excluding diaryl/α,β-unsaturated/α-hetero) is 1. The number of hydrogen-bond donors (Lipinski definition) is 5. The molecule has 73 heavy (non-hydrogen) atoms. The highest BCUT2D eigenvalue weighted by Gasteiger charge is 2.54. The van der Waals surface area contributed by atoms with Gasteiger partial charge in [-0.3, -0.25) is 9.59 Å². The number of methoxy groups -OCH3 is 2. The van der Waals surface area contributed by atoms with Crippen molar-refractivity contribution < 1.29 is 81.1 Å². The van der Waals surface area contributed by atoms with Gasteiger partial charge in [-0.25, -0.2) is 17.5 Å². The third-order valence-electron chi connectivity index (χ3n) is 16.0. The van der Waals surface area contributed by atoms with E-state index >= 15 is 0 Å². The van der Waals surface area contributed by atoms with E-state index < -0.39 is 143 Å². The van der Waals surface area contributed by atoms with Crippen LogP contribution in [0.15, 0.2) is 35.4 Å². The maximum absolute atomic E-state index is 14.5. The van der Waals surface area contributed by atoms with Gasteiger partial charge in [0.15, 0.2) is 22.4 Å². The Bertz CT molecular complexity index is 2240. The van der Waals surface area contributed by atoms with Crippen LogP contribution in [0.3, 0.4) is 0 Å². The van der Waals surface area contributed by atoms with Crippen LogP contribution in [0.25, 0.3) is 0 Å². The number of sulfone groups is 1. The first-order chi connectivity index (χ1) is 34.0. The number of benzene rings is 1. The molecule has 1 aromatic carbocycles. The molecule has 4 heterocycles. The summed E-state index contributed by atoms with van der Waals surface area (Å²) < 4.78 is 84.2. The first kappa shape index (κ1) is 60.8. The number of hydrogen-bond acceptors (Lipinski definition) is 19. The van der Waals surface area contributed by atoms with E-state index in [1.165, 1.54) is 63.2 Å². The minimum absolute atomic E-state index is 0.0162. The summed E-state index contributed by atoms with van der Waals surface area (Å²) in [5.41, 5.74) is -3.74. The lowest BCUT2D eigenvalue weighted by atomic mass is 9.74. The van der Waals surface area contributed by atoms with E-state index in [1.807, 2.05) is 18.9 Å². The summed E-state index contributed by atoms with van der Waals surface area (Å²) in [6.07, 6.45) is -8.83. The minimum atomic E-state index is -3.48. The molecule has 0 spiro atoms. The van der Waals surface area contributed by atoms with Crippen LogP contribution in [0.2, 0.25) is 0 Å². The molecule has 22 heteroatoms. The number of aliphatic hydroxyl groups is 5. The number of aromatic nitrogens is 3. The molecule has 0 amide bonds. The van der Waals surface area contributed by atoms with Crippen LogP contribution in [-0.4, -0.2) is 191 Å². The fraction of sp³-hybridized carbons (Fsp3) is 0.804. The Hall–Kier alpha value is -3.10. The van der Waals surface area contributed by atoms with Crippen LogP contribution in [0.1, 0.15) is 118 Å². The molecular formula is C51H83FN4O16S. The van der Waals surface area contributed by atoms with E-state index in [4.69, 9.17) is 33.2 Å². The van der Waals surface area contributed by atoms with Gasteiger partial charge in [0.25, 0.3) is 0 Å². The number of halogens is 1. The second kappa shape index (κ2) is 24.5. The molecule has 416 valence electrons. The highest BCUT2D eigenvalue weighted by Crippen LogP contribution is 2.42. The van der Waals surface area contributed by atoms with E-state index in [9.17, 15) is 47.9 Å². The predicted octanol–water partition coefficient (Wildman–Crippen LogP) is 3.29. The molecular weight excluding hydrogens is 976 g/mol. The number of nitrogens with zero attached hydrogens (tertiary/aromatic N) is 4. The molecule has 2 aromatic rings. The maximum atomic E-state index is 14.5. The van der Waals surface area contributed by atoms with E-state index in [2.05, 4.69) is 10.3 Å². The van der Waals surface area contributed by atoms with Crippen molar-refractivity contribution in [2.24, 2.45) is 23.7 Å². The van der Waals surface area contributed by atoms with Crippen molar-refractivity contribution in [1.29, 1.82) is 0 Å². The molecule has 3 aliphatic rings. The van der Waals surface area contributed by atoms with Crippen molar-refractivity contribution in [1.82, 2.24) is 19.9 Å². The molecule has 0 aliphatic carbocycles. The highest BCUT2D eigenvalue weighted by molar-refractivity contribution is 7.90. The van der Waals surface area contributed by atoms with E-state index in [-0.39, 0.29) is 29.9 Å². The average molecular weight is 1060 g/mol. The lowest BCUT2D eigenvalue weighted by Crippen LogP contribution is -2.61. The van der Waals surface area contributed by atoms with Crippen molar-refractivity contribution in [3.8, 4) is 0 Å². The standard InChI is InChI=1S/C51H83FN4O16S/c1-15-38-51(10,63)44(60)29(4)40(57)27(2)23-50(9,67-13)46(30(5)43(31(6)47(62)70-38)71-39-24-49(8,66-12)45(61)32(7)69-39)72-48-42(59)36(22-28(3)68-48)55(11)21-20-34-26-56(54-53-34)37(25-52)41(58)33-16-18-35(19-17-33)73(14,64)65/h16-19,26-32,36-39,41-46,48,58-61,63H,15,20-25H2,1-14H3/t27-,28-,29+,30-,31-,32+,36+,37-,38-,39+,41-,42-,43+,44-,45+,46-,48+,49-,50-,51-/m1/s1. The Morgan fingerprint density at radius 3 is 2.14 bits per heavy atom. The van der Waals surface area contributed by atoms with Gasteiger partial charge in [0.2, 0.25) is 0 Å². The second-order valence-corrected chi connectivity index (χ2v) is 23.6. The van der Waals surface area contributed by atoms with Gasteiger partial charge in [-0.05, 0) is 85.5 Å². The fourth-order valence-electron chi connectivity index (χ4n) is 11.0. The van der Waals surface area contributed by atoms with Gasteiger partial charge in [0.05, 0.1) is 58.2 Å². The van der Waals surface area contributed by atoms with Gasteiger partial charge < -0.3 is 63.6 Å². The molecule has 3 saturated heterocycles. The van der Waals surface area contributed by atoms with Gasteiger partial charge >= 0.3 is 5.97 Å². The van der Waals surface area contributed by atoms with Gasteiger partial charge in [0, 0.05) is 69.9 Å². The van der Waals surface area contributed by atoms with E-state index in [1.54, 1.807) is 48.5 Å². The molecule has 20 nitrogen and oxygen atoms in total. The van der Waals surface area contributed by atoms with Crippen LogP contribution in [0, 0.1) is 23.7 Å². The van der Waals surface area contributed by atoms with Gasteiger partial charge in [-0.1, -0.05) is 45.0 Å². The fourth-order valence-corrected chi connectivity index (χ4v) is 11.6. The zero-order valence-corrected chi connectivity index (χ0v) is 45.8. The van der Waals surface area contributed by atoms with Gasteiger partial charge in [-0.15, -0.1) is 5.10 Å². The summed E-state index contributed by atoms with van der Waals surface area (Å²) in [5, 5.41) is 66.2. The number of carbonyl (C=O) groups excluding carboxylic acids is 2. The Morgan fingerprint density at radius 1 is 0.932 bits per heavy atom. The lowest BCUT2D eigenvalue weighted by molar-refractivity contribution is -0.319. The molecule has 0 bridgehead atoms. The topological polar surface area (TPSA) is 268 Å². The zero-order chi connectivity index (χ0) is 54.7. The molecule has 3 aliphatic heterocycles. The Morgan fingerprint density at radius 2 is 1.56 bits per heavy atom. The number of alkyl halides is 1. The third-order valence-corrected chi connectivity index (χ3v) is 17.1. The summed E-state index contributed by atoms with van der Waals surface area (Å²) in [7, 11) is 1.28. The number of carbonyl (C=O) groups is 2. The number of esters is 1. The molecule has 0 radical (unpaired) electrons. The van der Waals surface area contributed by atoms with Crippen molar-refractivity contribution in [2.75, 3.05) is 40.7 Å². The normalized spacial score (nSPS) is 39.4. The molecule has 3 fully saturated rings. The first-order valence-corrected chi connectivity index (χ1v) is 27.2. The molecule has 5 rings (SSSR count). The van der Waals surface area contributed by atoms with Gasteiger partial charge in [0.1, 0.15) is 48.5 Å². The predicted molar refractivity (Wildman–Crippen MR) is 263 cm³/mol. The second-order valence-electron chi connectivity index (χ2n) is 21.6. The first-order valence-electron chi connectivity index (χ1n) is 25.4. The Labute approximate surface area is 430 Å². The summed E-state index contributed by atoms with van der Waals surface area (Å²) in [4.78, 5) is 30.7. The zero-order valence-electron chi connectivity index (χ0n) is 45.0. The molecule has 0 saturated carbocycles. The SMILES string of the molecule is CC[C@H]1OC(=O)[C@H](C)[C@@H](O[C@H]2C[C@@](C)(OC)[C@@H](O)[C@H](C)O2)[C@@H](C)[C@@H](O[C@@H]2O[C@H](C)C[C@H](N(C)CCc3cn([C@H](CF)[C@H](O)c4ccc(S(C)(=O)=O)cc4)nn3)[C@H]2O)[C@](C)(OC)C[C@@H](C)C(=O)[C@H](C)[C@@H](O)[C@]1(C)O. The maximum Gasteiger partial charge on any atom is 0.311 e. The Kier molecular flexibility index (Phi) is 20.4. The van der Waals surface area contributed by atoms with Crippen LogP contribution in [-0.2, 0) is 59.0 Å². The number of rotatable bonds is 16. The number of ketones is 1. The lowest BCUT2D eigenvalue weighted by Gasteiger charge is -2.50. The number of likely N-dealkylation sites (N-methyl/N-ethyl adjacent to an activating group) is 1. The quantitative estimate of drug-likeness (QED) is 0.151. The summed E-state index contributed by atoms with van der Waals surface area (Å²) in [6.45, 7) is 16.0. The van der Waals surface area contributed by atoms with Crippen LogP contribution < -0.4 is 0 Å². The van der Waals surface area contributed by atoms with Crippen LogP contribution in [0.4, 0.5) is 4.39 Å². The van der Waals surface area contributed by atoms with E-state index in [0.717, 1.165) is 6.26 Å². The number of aliphatic hydroxyl groups excluding tert-OH is 4. The average Bonchev–Trinajstić information content (AvgIpc) is 3.82. The smallest absolute Gasteiger partial charge is 0.311 e. The monoisotopic (exact) mass is 1060 g/mol. The molecule has 0 unspecified atom stereocenters. The van der Waals surface area contributed by atoms with Crippen molar-refractivity contribution >= 4 is 21.6 Å². The van der Waals surface area contributed by atoms with Crippen molar-refractivity contribution in [3.05, 3.63) is 41.7 Å². The highest BCUT2D eigenvalue weighted by atomic mass is 32.2. The third kappa shape index (κ3) is 13.5. The van der Waals surface area contributed by atoms with Crippen molar-refractivity contribution in [3.63, 3.8) is 0 Å². The summed E-state index contributed by atoms with van der Waals surface area (Å²) in [6, 6.07) is 3.84. The summed E-state index contributed by atoms with van der Waals surface area (Å²) >= 11 is 0. The Balaban J connectivity index is 1.46.